The van der Waals surface area contributed by atoms with Crippen LogP contribution in [0.25, 0.3) is 0 Å². The smallest absolute Gasteiger partial charge is 0.253 e. The van der Waals surface area contributed by atoms with Crippen LogP contribution in [0.1, 0.15) is 34.3 Å². The molecule has 2 rings (SSSR count). The van der Waals surface area contributed by atoms with Gasteiger partial charge in [0.15, 0.2) is 0 Å². The molecule has 0 fully saturated rings. The third kappa shape index (κ3) is 2.04. The molecule has 1 amide bonds. The van der Waals surface area contributed by atoms with E-state index in [0.717, 1.165) is 30.5 Å². The van der Waals surface area contributed by atoms with E-state index in [1.807, 2.05) is 24.9 Å². The number of carbonyl (C=O) groups is 1. The summed E-state index contributed by atoms with van der Waals surface area (Å²) in [6, 6.07) is 6.20. The van der Waals surface area contributed by atoms with Crippen LogP contribution < -0.4 is 0 Å². The second-order valence-electron chi connectivity index (χ2n) is 4.34. The highest BCUT2D eigenvalue weighted by Gasteiger charge is 2.17. The van der Waals surface area contributed by atoms with Gasteiger partial charge in [-0.25, -0.2) is 0 Å². The Morgan fingerprint density at radius 1 is 1.27 bits per heavy atom. The van der Waals surface area contributed by atoms with E-state index in [0.29, 0.717) is 0 Å². The lowest BCUT2D eigenvalue weighted by molar-refractivity contribution is 0.0787. The fraction of sp³-hybridized carbons (Fsp3) is 0.462. The van der Waals surface area contributed by atoms with Gasteiger partial charge in [-0.1, -0.05) is 17.7 Å². The predicted molar refractivity (Wildman–Crippen MR) is 61.1 cm³/mol. The number of carbonyl (C=O) groups excluding carboxylic acids is 1. The van der Waals surface area contributed by atoms with Gasteiger partial charge in [0.05, 0.1) is 0 Å². The van der Waals surface area contributed by atoms with Crippen molar-refractivity contribution in [3.8, 4) is 0 Å². The molecule has 0 radical (unpaired) electrons. The third-order valence-electron chi connectivity index (χ3n) is 3.03. The molecule has 0 bridgehead atoms. The molecule has 2 heteroatoms. The molecular weight excluding hydrogens is 186 g/mol. The van der Waals surface area contributed by atoms with Crippen LogP contribution >= 0.6 is 0 Å². The highest BCUT2D eigenvalue weighted by molar-refractivity contribution is 5.95. The summed E-state index contributed by atoms with van der Waals surface area (Å²) in [4.78, 5) is 13.9. The Balaban J connectivity index is 2.45. The number of rotatable bonds is 0. The Kier molecular flexibility index (Phi) is 2.76. The molecule has 0 aromatic heterocycles. The van der Waals surface area contributed by atoms with Crippen molar-refractivity contribution >= 4 is 5.91 Å². The van der Waals surface area contributed by atoms with Gasteiger partial charge in [-0.15, -0.1) is 0 Å². The van der Waals surface area contributed by atoms with Crippen LogP contribution in [0, 0.1) is 6.92 Å². The van der Waals surface area contributed by atoms with E-state index in [1.54, 1.807) is 0 Å². The molecule has 0 aliphatic carbocycles. The number of amides is 1. The molecule has 0 atom stereocenters. The quantitative estimate of drug-likeness (QED) is 0.634. The molecule has 1 aliphatic heterocycles. The standard InChI is InChI=1S/C13H17NO/c1-10-6-7-11-5-3-4-8-14(2)13(15)12(11)9-10/h6-7,9H,3-5,8H2,1-2H3. The van der Waals surface area contributed by atoms with E-state index in [9.17, 15) is 4.79 Å². The van der Waals surface area contributed by atoms with Crippen molar-refractivity contribution in [1.29, 1.82) is 0 Å². The van der Waals surface area contributed by atoms with Gasteiger partial charge in [-0.3, -0.25) is 4.79 Å². The fourth-order valence-electron chi connectivity index (χ4n) is 2.08. The van der Waals surface area contributed by atoms with Gasteiger partial charge in [-0.05, 0) is 37.8 Å². The van der Waals surface area contributed by atoms with Crippen LogP contribution in [0.2, 0.25) is 0 Å². The molecule has 0 unspecified atom stereocenters. The number of fused-ring (bicyclic) bond motifs is 1. The van der Waals surface area contributed by atoms with Gasteiger partial charge in [0.25, 0.3) is 5.91 Å². The molecule has 1 aromatic carbocycles. The maximum Gasteiger partial charge on any atom is 0.253 e. The summed E-state index contributed by atoms with van der Waals surface area (Å²) in [6.45, 7) is 2.92. The number of hydrogen-bond donors (Lipinski definition) is 0. The first-order valence-corrected chi connectivity index (χ1v) is 5.53. The lowest BCUT2D eigenvalue weighted by Gasteiger charge is -2.22. The summed E-state index contributed by atoms with van der Waals surface area (Å²) >= 11 is 0. The molecule has 0 N–H and O–H groups in total. The van der Waals surface area contributed by atoms with Crippen molar-refractivity contribution in [2.75, 3.05) is 13.6 Å². The molecule has 1 aromatic rings. The molecular formula is C13H17NO. The molecule has 2 nitrogen and oxygen atoms in total. The maximum atomic E-state index is 12.1. The summed E-state index contributed by atoms with van der Waals surface area (Å²) in [5.41, 5.74) is 3.27. The Labute approximate surface area is 90.9 Å². The van der Waals surface area contributed by atoms with Gasteiger partial charge in [0.1, 0.15) is 0 Å². The van der Waals surface area contributed by atoms with Gasteiger partial charge >= 0.3 is 0 Å². The van der Waals surface area contributed by atoms with Crippen molar-refractivity contribution in [1.82, 2.24) is 4.90 Å². The number of aryl methyl sites for hydroxylation is 2. The number of hydrogen-bond acceptors (Lipinski definition) is 1. The average molecular weight is 203 g/mol. The SMILES string of the molecule is Cc1ccc2c(c1)C(=O)N(C)CCCC2. The van der Waals surface area contributed by atoms with Crippen molar-refractivity contribution in [2.45, 2.75) is 26.2 Å². The molecule has 1 heterocycles. The third-order valence-corrected chi connectivity index (χ3v) is 3.03. The van der Waals surface area contributed by atoms with E-state index in [-0.39, 0.29) is 5.91 Å². The molecule has 80 valence electrons. The summed E-state index contributed by atoms with van der Waals surface area (Å²) in [7, 11) is 1.89. The Bertz CT molecular complexity index is 384. The summed E-state index contributed by atoms with van der Waals surface area (Å²) in [5.74, 6) is 0.174. The molecule has 0 saturated carbocycles. The van der Waals surface area contributed by atoms with Crippen LogP contribution in [0.3, 0.4) is 0 Å². The molecule has 0 spiro atoms. The molecule has 0 saturated heterocycles. The van der Waals surface area contributed by atoms with Crippen LogP contribution in [0.15, 0.2) is 18.2 Å². The van der Waals surface area contributed by atoms with Gasteiger partial charge in [-0.2, -0.15) is 0 Å². The normalized spacial score (nSPS) is 16.9. The minimum atomic E-state index is 0.174. The Hall–Kier alpha value is -1.31. The minimum Gasteiger partial charge on any atom is -0.342 e. The second kappa shape index (κ2) is 4.05. The average Bonchev–Trinajstić information content (AvgIpc) is 2.23. The lowest BCUT2D eigenvalue weighted by Crippen LogP contribution is -2.30. The second-order valence-corrected chi connectivity index (χ2v) is 4.34. The first-order chi connectivity index (χ1) is 7.18. The predicted octanol–water partition coefficient (Wildman–Crippen LogP) is 2.40. The van der Waals surface area contributed by atoms with E-state index in [4.69, 9.17) is 0 Å². The summed E-state index contributed by atoms with van der Waals surface area (Å²) in [5, 5.41) is 0. The lowest BCUT2D eigenvalue weighted by atomic mass is 9.97. The maximum absolute atomic E-state index is 12.1. The summed E-state index contributed by atoms with van der Waals surface area (Å²) < 4.78 is 0. The highest BCUT2D eigenvalue weighted by atomic mass is 16.2. The van der Waals surface area contributed by atoms with Crippen LogP contribution in [-0.4, -0.2) is 24.4 Å². The zero-order chi connectivity index (χ0) is 10.8. The van der Waals surface area contributed by atoms with E-state index >= 15 is 0 Å². The van der Waals surface area contributed by atoms with Crippen molar-refractivity contribution in [3.63, 3.8) is 0 Å². The van der Waals surface area contributed by atoms with Gasteiger partial charge < -0.3 is 4.90 Å². The fourth-order valence-corrected chi connectivity index (χ4v) is 2.08. The van der Waals surface area contributed by atoms with Gasteiger partial charge in [0, 0.05) is 19.2 Å². The zero-order valence-electron chi connectivity index (χ0n) is 9.42. The van der Waals surface area contributed by atoms with Crippen LogP contribution in [0.4, 0.5) is 0 Å². The number of nitrogens with zero attached hydrogens (tertiary/aromatic N) is 1. The van der Waals surface area contributed by atoms with E-state index < -0.39 is 0 Å². The van der Waals surface area contributed by atoms with Gasteiger partial charge in [0.2, 0.25) is 0 Å². The first kappa shape index (κ1) is 10.2. The van der Waals surface area contributed by atoms with E-state index in [1.165, 1.54) is 12.0 Å². The molecule has 1 aliphatic rings. The first-order valence-electron chi connectivity index (χ1n) is 5.53. The summed E-state index contributed by atoms with van der Waals surface area (Å²) in [6.07, 6.45) is 3.32. The Morgan fingerprint density at radius 3 is 2.87 bits per heavy atom. The highest BCUT2D eigenvalue weighted by Crippen LogP contribution is 2.19. The monoisotopic (exact) mass is 203 g/mol. The largest absolute Gasteiger partial charge is 0.342 e. The van der Waals surface area contributed by atoms with E-state index in [2.05, 4.69) is 12.1 Å². The van der Waals surface area contributed by atoms with Crippen molar-refractivity contribution in [2.24, 2.45) is 0 Å². The Morgan fingerprint density at radius 2 is 2.07 bits per heavy atom. The number of benzene rings is 1. The zero-order valence-corrected chi connectivity index (χ0v) is 9.42. The van der Waals surface area contributed by atoms with Crippen molar-refractivity contribution in [3.05, 3.63) is 34.9 Å². The molecule has 15 heavy (non-hydrogen) atoms. The van der Waals surface area contributed by atoms with Crippen LogP contribution in [0.5, 0.6) is 0 Å². The van der Waals surface area contributed by atoms with Crippen LogP contribution in [-0.2, 0) is 6.42 Å². The van der Waals surface area contributed by atoms with Crippen molar-refractivity contribution < 1.29 is 4.79 Å². The topological polar surface area (TPSA) is 20.3 Å². The minimum absolute atomic E-state index is 0.174.